The Bertz CT molecular complexity index is 738. The minimum Gasteiger partial charge on any atom is -0.289 e. The SMILES string of the molecule is N#CC(C#N)=C1C=C2CC(=NCc3ccccc3)CCC2CC1. The second-order valence-corrected chi connectivity index (χ2v) is 6.16. The molecule has 23 heavy (non-hydrogen) atoms. The van der Waals surface area contributed by atoms with Crippen LogP contribution in [0.15, 0.2) is 58.1 Å². The number of nitrogens with zero attached hydrogens (tertiary/aromatic N) is 3. The number of allylic oxidation sites excluding steroid dienone is 4. The van der Waals surface area contributed by atoms with Crippen LogP contribution >= 0.6 is 0 Å². The van der Waals surface area contributed by atoms with Gasteiger partial charge in [-0.25, -0.2) is 0 Å². The minimum atomic E-state index is 0.268. The number of benzene rings is 1. The van der Waals surface area contributed by atoms with Crippen molar-refractivity contribution in [3.8, 4) is 12.1 Å². The predicted octanol–water partition coefficient (Wildman–Crippen LogP) is 4.49. The summed E-state index contributed by atoms with van der Waals surface area (Å²) >= 11 is 0. The van der Waals surface area contributed by atoms with E-state index >= 15 is 0 Å². The first-order valence-corrected chi connectivity index (χ1v) is 8.10. The van der Waals surface area contributed by atoms with Crippen LogP contribution in [0.2, 0.25) is 0 Å². The number of nitriles is 2. The minimum absolute atomic E-state index is 0.268. The van der Waals surface area contributed by atoms with Crippen LogP contribution in [-0.4, -0.2) is 5.71 Å². The summed E-state index contributed by atoms with van der Waals surface area (Å²) in [7, 11) is 0. The molecule has 1 atom stereocenters. The van der Waals surface area contributed by atoms with E-state index in [1.54, 1.807) is 0 Å². The zero-order chi connectivity index (χ0) is 16.1. The van der Waals surface area contributed by atoms with Crippen LogP contribution in [0.3, 0.4) is 0 Å². The molecule has 0 saturated heterocycles. The topological polar surface area (TPSA) is 59.9 Å². The van der Waals surface area contributed by atoms with Crippen LogP contribution in [0.1, 0.15) is 37.7 Å². The van der Waals surface area contributed by atoms with Gasteiger partial charge in [0.05, 0.1) is 6.54 Å². The van der Waals surface area contributed by atoms with E-state index < -0.39 is 0 Å². The van der Waals surface area contributed by atoms with Crippen LogP contribution in [-0.2, 0) is 6.54 Å². The monoisotopic (exact) mass is 301 g/mol. The smallest absolute Gasteiger partial charge is 0.132 e. The molecular weight excluding hydrogens is 282 g/mol. The molecule has 1 aromatic carbocycles. The molecular formula is C20H19N3. The fourth-order valence-electron chi connectivity index (χ4n) is 3.41. The summed E-state index contributed by atoms with van der Waals surface area (Å²) in [5.41, 5.74) is 5.01. The first-order valence-electron chi connectivity index (χ1n) is 8.10. The Morgan fingerprint density at radius 3 is 2.57 bits per heavy atom. The Balaban J connectivity index is 1.76. The molecule has 0 heterocycles. The maximum Gasteiger partial charge on any atom is 0.132 e. The first-order chi connectivity index (χ1) is 11.3. The third kappa shape index (κ3) is 3.58. The average molecular weight is 301 g/mol. The number of fused-ring (bicyclic) bond motifs is 1. The van der Waals surface area contributed by atoms with Gasteiger partial charge >= 0.3 is 0 Å². The largest absolute Gasteiger partial charge is 0.289 e. The number of aliphatic imine (C=N–C) groups is 1. The summed E-state index contributed by atoms with van der Waals surface area (Å²) in [6.45, 7) is 0.735. The van der Waals surface area contributed by atoms with Crippen LogP contribution in [0.5, 0.6) is 0 Å². The molecule has 3 nitrogen and oxygen atoms in total. The molecule has 0 aromatic heterocycles. The van der Waals surface area contributed by atoms with Crippen molar-refractivity contribution in [3.63, 3.8) is 0 Å². The van der Waals surface area contributed by atoms with Gasteiger partial charge in [0, 0.05) is 12.1 Å². The van der Waals surface area contributed by atoms with E-state index in [1.165, 1.54) is 16.8 Å². The average Bonchev–Trinajstić information content (AvgIpc) is 2.61. The lowest BCUT2D eigenvalue weighted by Crippen LogP contribution is -2.20. The standard InChI is InChI=1S/C20H19N3/c21-12-19(13-22)17-7-6-16-8-9-20(11-18(16)10-17)23-14-15-4-2-1-3-5-15/h1-5,10,16H,6-9,11,14H2. The molecule has 2 aliphatic carbocycles. The molecule has 0 amide bonds. The van der Waals surface area contributed by atoms with Crippen molar-refractivity contribution in [2.75, 3.05) is 0 Å². The lowest BCUT2D eigenvalue weighted by Gasteiger charge is -2.30. The third-order valence-electron chi connectivity index (χ3n) is 4.71. The second kappa shape index (κ2) is 7.07. The van der Waals surface area contributed by atoms with E-state index in [9.17, 15) is 0 Å². The molecule has 114 valence electrons. The normalized spacial score (nSPS) is 21.8. The van der Waals surface area contributed by atoms with Crippen LogP contribution in [0, 0.1) is 28.6 Å². The van der Waals surface area contributed by atoms with Crippen molar-refractivity contribution >= 4 is 5.71 Å². The van der Waals surface area contributed by atoms with Crippen molar-refractivity contribution in [2.24, 2.45) is 10.9 Å². The van der Waals surface area contributed by atoms with Gasteiger partial charge in [-0.05, 0) is 42.7 Å². The van der Waals surface area contributed by atoms with E-state index in [0.29, 0.717) is 5.92 Å². The van der Waals surface area contributed by atoms with Crippen LogP contribution in [0.25, 0.3) is 0 Å². The highest BCUT2D eigenvalue weighted by molar-refractivity contribution is 5.88. The van der Waals surface area contributed by atoms with Crippen LogP contribution < -0.4 is 0 Å². The number of hydrogen-bond acceptors (Lipinski definition) is 3. The summed E-state index contributed by atoms with van der Waals surface area (Å²) in [6.07, 6.45) is 7.10. The van der Waals surface area contributed by atoms with Crippen molar-refractivity contribution in [1.82, 2.24) is 0 Å². The Morgan fingerprint density at radius 1 is 1.09 bits per heavy atom. The highest BCUT2D eigenvalue weighted by Gasteiger charge is 2.26. The molecule has 1 unspecified atom stereocenters. The van der Waals surface area contributed by atoms with Crippen molar-refractivity contribution in [1.29, 1.82) is 10.5 Å². The lowest BCUT2D eigenvalue weighted by atomic mass is 9.75. The van der Waals surface area contributed by atoms with E-state index in [4.69, 9.17) is 15.5 Å². The van der Waals surface area contributed by atoms with E-state index in [2.05, 4.69) is 18.2 Å². The van der Waals surface area contributed by atoms with Gasteiger partial charge in [-0.3, -0.25) is 4.99 Å². The Morgan fingerprint density at radius 2 is 1.83 bits per heavy atom. The number of rotatable bonds is 2. The van der Waals surface area contributed by atoms with Crippen LogP contribution in [0.4, 0.5) is 0 Å². The van der Waals surface area contributed by atoms with E-state index in [0.717, 1.165) is 44.2 Å². The summed E-state index contributed by atoms with van der Waals surface area (Å²) in [5, 5.41) is 18.1. The fourth-order valence-corrected chi connectivity index (χ4v) is 3.41. The quantitative estimate of drug-likeness (QED) is 0.755. The lowest BCUT2D eigenvalue weighted by molar-refractivity contribution is 0.489. The zero-order valence-corrected chi connectivity index (χ0v) is 13.1. The molecule has 0 aliphatic heterocycles. The summed E-state index contributed by atoms with van der Waals surface area (Å²) < 4.78 is 0. The molecule has 1 fully saturated rings. The van der Waals surface area contributed by atoms with E-state index in [1.807, 2.05) is 30.3 Å². The van der Waals surface area contributed by atoms with Gasteiger partial charge in [0.2, 0.25) is 0 Å². The summed E-state index contributed by atoms with van der Waals surface area (Å²) in [6, 6.07) is 14.3. The first kappa shape index (κ1) is 15.3. The maximum atomic E-state index is 9.05. The van der Waals surface area contributed by atoms with Crippen molar-refractivity contribution < 1.29 is 0 Å². The maximum absolute atomic E-state index is 9.05. The van der Waals surface area contributed by atoms with Gasteiger partial charge < -0.3 is 0 Å². The summed E-state index contributed by atoms with van der Waals surface area (Å²) in [4.78, 5) is 4.78. The molecule has 0 N–H and O–H groups in total. The van der Waals surface area contributed by atoms with E-state index in [-0.39, 0.29) is 5.57 Å². The number of hydrogen-bond donors (Lipinski definition) is 0. The van der Waals surface area contributed by atoms with Gasteiger partial charge in [0.15, 0.2) is 0 Å². The highest BCUT2D eigenvalue weighted by Crippen LogP contribution is 2.38. The Kier molecular flexibility index (Phi) is 4.69. The second-order valence-electron chi connectivity index (χ2n) is 6.16. The third-order valence-corrected chi connectivity index (χ3v) is 4.71. The van der Waals surface area contributed by atoms with Gasteiger partial charge in [-0.2, -0.15) is 10.5 Å². The molecule has 1 aromatic rings. The van der Waals surface area contributed by atoms with Crippen molar-refractivity contribution in [3.05, 3.63) is 58.7 Å². The van der Waals surface area contributed by atoms with Crippen molar-refractivity contribution in [2.45, 2.75) is 38.6 Å². The van der Waals surface area contributed by atoms with Gasteiger partial charge in [-0.15, -0.1) is 0 Å². The zero-order valence-electron chi connectivity index (χ0n) is 13.1. The molecule has 0 spiro atoms. The molecule has 1 saturated carbocycles. The highest BCUT2D eigenvalue weighted by atomic mass is 14.7. The molecule has 0 radical (unpaired) electrons. The molecule has 2 aliphatic rings. The van der Waals surface area contributed by atoms with Gasteiger partial charge in [0.25, 0.3) is 0 Å². The predicted molar refractivity (Wildman–Crippen MR) is 90.5 cm³/mol. The fraction of sp³-hybridized carbons (Fsp3) is 0.350. The Hall–Kier alpha value is -2.65. The molecule has 3 heteroatoms. The van der Waals surface area contributed by atoms with Gasteiger partial charge in [0.1, 0.15) is 17.7 Å². The summed E-state index contributed by atoms with van der Waals surface area (Å²) in [5.74, 6) is 0.605. The Labute approximate surface area is 137 Å². The van der Waals surface area contributed by atoms with Gasteiger partial charge in [-0.1, -0.05) is 42.0 Å². The molecule has 3 rings (SSSR count). The molecule has 0 bridgehead atoms.